The Bertz CT molecular complexity index is 103. The Morgan fingerprint density at radius 2 is 1.90 bits per heavy atom. The van der Waals surface area contributed by atoms with Crippen LogP contribution in [0.2, 0.25) is 4.25 Å². The molecule has 60 valence electrons. The van der Waals surface area contributed by atoms with Crippen molar-refractivity contribution < 1.29 is 0 Å². The number of hydrogen-bond donors (Lipinski definition) is 0. The van der Waals surface area contributed by atoms with Crippen LogP contribution in [0, 0.1) is 0 Å². The summed E-state index contributed by atoms with van der Waals surface area (Å²) in [7, 11) is 0. The van der Waals surface area contributed by atoms with E-state index in [1.165, 1.54) is 19.3 Å². The van der Waals surface area contributed by atoms with Crippen molar-refractivity contribution >= 4 is 19.8 Å². The van der Waals surface area contributed by atoms with Gasteiger partial charge in [0.25, 0.3) is 0 Å². The van der Waals surface area contributed by atoms with E-state index in [-0.39, 0.29) is 15.0 Å². The monoisotopic (exact) mass is 202 g/mol. The van der Waals surface area contributed by atoms with Gasteiger partial charge in [0.15, 0.2) is 0 Å². The average molecular weight is 201 g/mol. The van der Waals surface area contributed by atoms with Crippen molar-refractivity contribution in [2.24, 2.45) is 0 Å². The van der Waals surface area contributed by atoms with Crippen LogP contribution in [0.3, 0.4) is 0 Å². The fourth-order valence-electron chi connectivity index (χ4n) is 1.16. The summed E-state index contributed by atoms with van der Waals surface area (Å²) in [6.45, 7) is 9.37. The Labute approximate surface area is 71.4 Å². The van der Waals surface area contributed by atoms with Crippen molar-refractivity contribution in [3.05, 3.63) is 0 Å². The summed E-state index contributed by atoms with van der Waals surface area (Å²) in [6, 6.07) is 0. The van der Waals surface area contributed by atoms with Crippen LogP contribution >= 0.6 is 0 Å². The normalized spacial score (nSPS) is 12.8. The third-order valence-electron chi connectivity index (χ3n) is 1.70. The van der Waals surface area contributed by atoms with Crippen LogP contribution in [0.1, 0.15) is 47.0 Å². The first-order chi connectivity index (χ1) is 4.62. The third kappa shape index (κ3) is 5.22. The third-order valence-corrected chi connectivity index (χ3v) is 5.68. The standard InChI is InChI=1S/C9H20Ge/c1-5-7-9(3,4)10-8-6-2/h8,10H,5-7H2,1-4H3. The van der Waals surface area contributed by atoms with Crippen molar-refractivity contribution in [2.75, 3.05) is 0 Å². The molecule has 0 aromatic carbocycles. The molecule has 0 aromatic heterocycles. The van der Waals surface area contributed by atoms with Crippen LogP contribution in [0.25, 0.3) is 0 Å². The first-order valence-corrected chi connectivity index (χ1v) is 6.91. The van der Waals surface area contributed by atoms with Crippen LogP contribution in [0.4, 0.5) is 0 Å². The molecular weight excluding hydrogens is 181 g/mol. The van der Waals surface area contributed by atoms with Gasteiger partial charge < -0.3 is 0 Å². The minimum absolute atomic E-state index is 0.0433. The Hall–Kier alpha value is 0.413. The zero-order valence-corrected chi connectivity index (χ0v) is 10.2. The zero-order chi connectivity index (χ0) is 8.04. The summed E-state index contributed by atoms with van der Waals surface area (Å²) >= 11 is -0.0433. The van der Waals surface area contributed by atoms with Crippen molar-refractivity contribution in [1.29, 1.82) is 0 Å². The molecule has 0 aliphatic heterocycles. The molecule has 0 rings (SSSR count). The quantitative estimate of drug-likeness (QED) is 0.613. The molecule has 0 aromatic rings. The van der Waals surface area contributed by atoms with Crippen molar-refractivity contribution in [1.82, 2.24) is 0 Å². The molecule has 10 heavy (non-hydrogen) atoms. The Kier molecular flexibility index (Phi) is 5.33. The van der Waals surface area contributed by atoms with Crippen LogP contribution in [-0.2, 0) is 0 Å². The predicted octanol–water partition coefficient (Wildman–Crippen LogP) is 2.63. The molecular formula is C9H20Ge. The van der Waals surface area contributed by atoms with Gasteiger partial charge in [0.1, 0.15) is 0 Å². The molecule has 0 bridgehead atoms. The second kappa shape index (κ2) is 5.11. The molecule has 0 radical (unpaired) electrons. The van der Waals surface area contributed by atoms with Gasteiger partial charge >= 0.3 is 71.0 Å². The SMILES string of the molecule is CC[CH]=[GeH][C](C)(C)CCC. The number of hydrogen-bond acceptors (Lipinski definition) is 0. The van der Waals surface area contributed by atoms with E-state index in [9.17, 15) is 0 Å². The van der Waals surface area contributed by atoms with E-state index in [4.69, 9.17) is 0 Å². The van der Waals surface area contributed by atoms with Crippen LogP contribution < -0.4 is 0 Å². The number of rotatable bonds is 4. The van der Waals surface area contributed by atoms with Crippen LogP contribution in [0.15, 0.2) is 0 Å². The van der Waals surface area contributed by atoms with Gasteiger partial charge in [0.2, 0.25) is 0 Å². The maximum absolute atomic E-state index is 2.54. The fourth-order valence-corrected chi connectivity index (χ4v) is 3.95. The molecule has 0 atom stereocenters. The van der Waals surface area contributed by atoms with Gasteiger partial charge in [0.05, 0.1) is 0 Å². The van der Waals surface area contributed by atoms with Gasteiger partial charge in [-0.05, 0) is 0 Å². The summed E-state index contributed by atoms with van der Waals surface area (Å²) < 4.78 is 0.703. The second-order valence-electron chi connectivity index (χ2n) is 3.55. The van der Waals surface area contributed by atoms with Crippen molar-refractivity contribution in [3.63, 3.8) is 0 Å². The van der Waals surface area contributed by atoms with Gasteiger partial charge in [-0.2, -0.15) is 0 Å². The molecule has 0 nitrogen and oxygen atoms in total. The summed E-state index contributed by atoms with van der Waals surface area (Å²) in [5.41, 5.74) is 0. The summed E-state index contributed by atoms with van der Waals surface area (Å²) in [6.07, 6.45) is 4.05. The van der Waals surface area contributed by atoms with Crippen molar-refractivity contribution in [2.45, 2.75) is 51.2 Å². The van der Waals surface area contributed by atoms with E-state index in [1.54, 1.807) is 0 Å². The van der Waals surface area contributed by atoms with E-state index in [0.717, 1.165) is 0 Å². The van der Waals surface area contributed by atoms with Crippen molar-refractivity contribution in [3.8, 4) is 0 Å². The Morgan fingerprint density at radius 3 is 2.30 bits per heavy atom. The van der Waals surface area contributed by atoms with Gasteiger partial charge in [-0.25, -0.2) is 0 Å². The predicted molar refractivity (Wildman–Crippen MR) is 52.5 cm³/mol. The van der Waals surface area contributed by atoms with Gasteiger partial charge in [-0.15, -0.1) is 0 Å². The molecule has 0 fully saturated rings. The molecule has 0 saturated carbocycles. The van der Waals surface area contributed by atoms with E-state index in [2.05, 4.69) is 32.5 Å². The second-order valence-corrected chi connectivity index (χ2v) is 8.52. The Morgan fingerprint density at radius 1 is 1.30 bits per heavy atom. The summed E-state index contributed by atoms with van der Waals surface area (Å²) in [4.78, 5) is 2.54. The van der Waals surface area contributed by atoms with Gasteiger partial charge in [0, 0.05) is 0 Å². The van der Waals surface area contributed by atoms with E-state index in [0.29, 0.717) is 4.25 Å². The molecule has 0 unspecified atom stereocenters. The van der Waals surface area contributed by atoms with Crippen LogP contribution in [-0.4, -0.2) is 19.8 Å². The first-order valence-electron chi connectivity index (χ1n) is 4.30. The summed E-state index contributed by atoms with van der Waals surface area (Å²) in [5, 5.41) is 0. The molecule has 1 heteroatoms. The molecule has 0 aliphatic rings. The molecule has 0 amide bonds. The Balaban J connectivity index is 3.73. The van der Waals surface area contributed by atoms with Crippen LogP contribution in [0.5, 0.6) is 0 Å². The maximum atomic E-state index is 2.54. The zero-order valence-electron chi connectivity index (χ0n) is 7.78. The molecule has 0 saturated heterocycles. The molecule has 0 heterocycles. The minimum atomic E-state index is -0.0433. The van der Waals surface area contributed by atoms with E-state index in [1.807, 2.05) is 0 Å². The van der Waals surface area contributed by atoms with Gasteiger partial charge in [-0.3, -0.25) is 0 Å². The van der Waals surface area contributed by atoms with E-state index >= 15 is 0 Å². The average Bonchev–Trinajstić information content (AvgIpc) is 1.84. The fraction of sp³-hybridized carbons (Fsp3) is 0.889. The molecule has 0 N–H and O–H groups in total. The topological polar surface area (TPSA) is 0 Å². The molecule has 0 spiro atoms. The van der Waals surface area contributed by atoms with E-state index < -0.39 is 0 Å². The van der Waals surface area contributed by atoms with Gasteiger partial charge in [-0.1, -0.05) is 0 Å². The first kappa shape index (κ1) is 10.4. The molecule has 0 aliphatic carbocycles. The summed E-state index contributed by atoms with van der Waals surface area (Å²) in [5.74, 6) is 0.